The minimum atomic E-state index is -3.18. The second-order valence-electron chi connectivity index (χ2n) is 15.2. The minimum Gasteiger partial charge on any atom is -0.453 e. The van der Waals surface area contributed by atoms with Crippen LogP contribution in [0.4, 0.5) is 13.6 Å². The van der Waals surface area contributed by atoms with Crippen LogP contribution in [0.2, 0.25) is 0 Å². The van der Waals surface area contributed by atoms with Gasteiger partial charge in [0, 0.05) is 22.7 Å². The SMILES string of the molecule is COC(=O)N[C@@H](C(=O)N1C(c2nc3ccc(-c4ccc5c(c4)C(F)(F)c4cc(-c6cnc([C@@H]7CCCN7)[nH]6)ccc4-5)cc3[nH]2)C2CC[C@@H]1C2)c1ccccc1. The molecule has 2 bridgehead atoms. The van der Waals surface area contributed by atoms with Gasteiger partial charge in [-0.05, 0) is 96.6 Å². The molecule has 3 fully saturated rings. The van der Waals surface area contributed by atoms with Gasteiger partial charge in [0.15, 0.2) is 0 Å². The number of carbonyl (C=O) groups excluding carboxylic acids is 2. The van der Waals surface area contributed by atoms with E-state index in [1.165, 1.54) is 7.11 Å². The molecule has 10 nitrogen and oxygen atoms in total. The lowest BCUT2D eigenvalue weighted by atomic mass is 9.96. The van der Waals surface area contributed by atoms with Crippen LogP contribution in [0.5, 0.6) is 0 Å². The summed E-state index contributed by atoms with van der Waals surface area (Å²) in [7, 11) is 1.28. The van der Waals surface area contributed by atoms with Crippen LogP contribution in [-0.4, -0.2) is 56.5 Å². The molecule has 4 N–H and O–H groups in total. The average Bonchev–Trinajstić information content (AvgIpc) is 4.08. The van der Waals surface area contributed by atoms with Crippen LogP contribution in [0.25, 0.3) is 44.5 Å². The number of aromatic nitrogens is 4. The van der Waals surface area contributed by atoms with Crippen molar-refractivity contribution in [2.75, 3.05) is 13.7 Å². The number of methoxy groups -OCH3 is 1. The van der Waals surface area contributed by atoms with Crippen molar-refractivity contribution in [3.05, 3.63) is 119 Å². The lowest BCUT2D eigenvalue weighted by Gasteiger charge is -2.36. The zero-order valence-corrected chi connectivity index (χ0v) is 30.1. The quantitative estimate of drug-likeness (QED) is 0.130. The normalized spacial score (nSPS) is 22.5. The maximum atomic E-state index is 16.3. The van der Waals surface area contributed by atoms with Crippen LogP contribution < -0.4 is 10.6 Å². The Morgan fingerprint density at radius 3 is 2.40 bits per heavy atom. The van der Waals surface area contributed by atoms with Crippen LogP contribution in [0.3, 0.4) is 0 Å². The molecular weight excluding hydrogens is 701 g/mol. The number of carbonyl (C=O) groups is 2. The molecule has 1 saturated carbocycles. The molecule has 2 saturated heterocycles. The number of aromatic amines is 2. The van der Waals surface area contributed by atoms with Gasteiger partial charge in [-0.25, -0.2) is 14.8 Å². The summed E-state index contributed by atoms with van der Waals surface area (Å²) >= 11 is 0. The zero-order chi connectivity index (χ0) is 37.4. The Labute approximate surface area is 315 Å². The van der Waals surface area contributed by atoms with E-state index in [4.69, 9.17) is 9.72 Å². The molecule has 12 heteroatoms. The predicted octanol–water partition coefficient (Wildman–Crippen LogP) is 8.31. The monoisotopic (exact) mass is 739 g/mol. The summed E-state index contributed by atoms with van der Waals surface area (Å²) in [6.45, 7) is 0.944. The number of ether oxygens (including phenoxy) is 1. The van der Waals surface area contributed by atoms with Crippen molar-refractivity contribution in [1.29, 1.82) is 0 Å². The highest BCUT2D eigenvalue weighted by Crippen LogP contribution is 2.53. The number of H-pyrrole nitrogens is 2. The summed E-state index contributed by atoms with van der Waals surface area (Å²) in [5, 5.41) is 6.18. The number of imidazole rings is 2. The van der Waals surface area contributed by atoms with Crippen LogP contribution in [0.15, 0.2) is 91.1 Å². The maximum absolute atomic E-state index is 16.3. The lowest BCUT2D eigenvalue weighted by Crippen LogP contribution is -2.47. The number of alkyl carbamates (subject to hydrolysis) is 1. The van der Waals surface area contributed by atoms with E-state index in [1.54, 1.807) is 30.5 Å². The van der Waals surface area contributed by atoms with Crippen molar-refractivity contribution in [1.82, 2.24) is 35.5 Å². The van der Waals surface area contributed by atoms with Crippen molar-refractivity contribution in [3.63, 3.8) is 0 Å². The summed E-state index contributed by atoms with van der Waals surface area (Å²) in [6, 6.07) is 24.4. The Balaban J connectivity index is 0.940. The van der Waals surface area contributed by atoms with Crippen molar-refractivity contribution in [2.24, 2.45) is 5.92 Å². The molecule has 5 atom stereocenters. The number of halogens is 2. The summed E-state index contributed by atoms with van der Waals surface area (Å²) in [6.07, 6.45) is 5.83. The van der Waals surface area contributed by atoms with Crippen molar-refractivity contribution < 1.29 is 23.1 Å². The molecule has 0 radical (unpaired) electrons. The van der Waals surface area contributed by atoms with Gasteiger partial charge in [0.2, 0.25) is 0 Å². The predicted molar refractivity (Wildman–Crippen MR) is 203 cm³/mol. The number of alkyl halides is 2. The second kappa shape index (κ2) is 12.9. The van der Waals surface area contributed by atoms with E-state index in [0.717, 1.165) is 66.8 Å². The first-order valence-corrected chi connectivity index (χ1v) is 18.9. The molecule has 6 aromatic rings. The van der Waals surface area contributed by atoms with E-state index in [1.807, 2.05) is 65.6 Å². The van der Waals surface area contributed by atoms with Gasteiger partial charge in [-0.1, -0.05) is 60.7 Å². The Hall–Kier alpha value is -5.88. The third kappa shape index (κ3) is 5.52. The zero-order valence-electron chi connectivity index (χ0n) is 30.1. The van der Waals surface area contributed by atoms with Gasteiger partial charge in [0.05, 0.1) is 42.1 Å². The number of hydrogen-bond acceptors (Lipinski definition) is 6. The number of rotatable bonds is 7. The van der Waals surface area contributed by atoms with Gasteiger partial charge in [0.25, 0.3) is 11.8 Å². The second-order valence-corrected chi connectivity index (χ2v) is 15.2. The fraction of sp³-hybridized carbons (Fsp3) is 0.302. The molecular formula is C43H39F2N7O3. The van der Waals surface area contributed by atoms with Crippen LogP contribution >= 0.6 is 0 Å². The molecule has 2 amide bonds. The molecule has 10 rings (SSSR count). The molecule has 4 heterocycles. The standard InChI is InChI=1S/C43H39F2N7O3/c1-55-42(54)51-37(23-6-3-2-4-7-23)41(53)52-28-13-9-27(18-28)38(52)40-48-33-16-12-25(21-35(33)49-40)24-10-14-29-30-15-11-26(20-32(30)43(44,45)31(29)19-24)36-22-47-39(50-36)34-8-5-17-46-34/h2-4,6-7,10-12,14-16,19-22,27-28,34,37-38,46H,5,8-9,13,17-18H2,1H3,(H,47,50)(H,48,49)(H,51,54)/t27?,28-,34+,37-,38?/m1/s1. The molecule has 278 valence electrons. The average molecular weight is 740 g/mol. The van der Waals surface area contributed by atoms with Gasteiger partial charge in [-0.2, -0.15) is 8.78 Å². The van der Waals surface area contributed by atoms with Gasteiger partial charge in [0.1, 0.15) is 17.7 Å². The largest absolute Gasteiger partial charge is 0.453 e. The van der Waals surface area contributed by atoms with Crippen molar-refractivity contribution >= 4 is 23.0 Å². The Bertz CT molecular complexity index is 2470. The number of hydrogen-bond donors (Lipinski definition) is 4. The highest BCUT2D eigenvalue weighted by Gasteiger charge is 2.51. The van der Waals surface area contributed by atoms with Crippen LogP contribution in [0.1, 0.15) is 78.6 Å². The number of piperidine rings is 1. The number of fused-ring (bicyclic) bond motifs is 6. The van der Waals surface area contributed by atoms with Gasteiger partial charge in [-0.3, -0.25) is 4.79 Å². The third-order valence-corrected chi connectivity index (χ3v) is 12.1. The Morgan fingerprint density at radius 1 is 0.891 bits per heavy atom. The third-order valence-electron chi connectivity index (χ3n) is 12.1. The van der Waals surface area contributed by atoms with Crippen molar-refractivity contribution in [3.8, 4) is 33.5 Å². The number of benzene rings is 4. The van der Waals surface area contributed by atoms with E-state index >= 15 is 8.78 Å². The number of likely N-dealkylation sites (tertiary alicyclic amines) is 1. The smallest absolute Gasteiger partial charge is 0.407 e. The molecule has 4 aliphatic rings. The molecule has 0 spiro atoms. The fourth-order valence-electron chi connectivity index (χ4n) is 9.41. The van der Waals surface area contributed by atoms with Crippen LogP contribution in [0, 0.1) is 5.92 Å². The first-order valence-electron chi connectivity index (χ1n) is 18.9. The molecule has 2 aliphatic heterocycles. The highest BCUT2D eigenvalue weighted by atomic mass is 19.3. The van der Waals surface area contributed by atoms with E-state index in [0.29, 0.717) is 33.6 Å². The molecule has 2 aliphatic carbocycles. The topological polar surface area (TPSA) is 128 Å². The van der Waals surface area contributed by atoms with E-state index < -0.39 is 18.1 Å². The van der Waals surface area contributed by atoms with E-state index in [-0.39, 0.29) is 41.1 Å². The van der Waals surface area contributed by atoms with Gasteiger partial charge < -0.3 is 30.2 Å². The number of amides is 2. The minimum absolute atomic E-state index is 0.0118. The first kappa shape index (κ1) is 33.7. The lowest BCUT2D eigenvalue weighted by molar-refractivity contribution is -0.138. The fourth-order valence-corrected chi connectivity index (χ4v) is 9.41. The molecule has 4 aromatic carbocycles. The summed E-state index contributed by atoms with van der Waals surface area (Å²) in [5.41, 5.74) is 6.00. The Morgan fingerprint density at radius 2 is 1.64 bits per heavy atom. The van der Waals surface area contributed by atoms with E-state index in [2.05, 4.69) is 25.6 Å². The van der Waals surface area contributed by atoms with Crippen LogP contribution in [-0.2, 0) is 15.5 Å². The summed E-state index contributed by atoms with van der Waals surface area (Å²) < 4.78 is 37.5. The summed E-state index contributed by atoms with van der Waals surface area (Å²) in [4.78, 5) is 45.0. The highest BCUT2D eigenvalue weighted by molar-refractivity contribution is 5.89. The number of nitrogens with zero attached hydrogens (tertiary/aromatic N) is 3. The Kier molecular flexibility index (Phi) is 7.88. The van der Waals surface area contributed by atoms with E-state index in [9.17, 15) is 9.59 Å². The molecule has 2 unspecified atom stereocenters. The summed E-state index contributed by atoms with van der Waals surface area (Å²) in [5.74, 6) is -1.68. The maximum Gasteiger partial charge on any atom is 0.407 e. The molecule has 55 heavy (non-hydrogen) atoms. The molecule has 2 aromatic heterocycles. The van der Waals surface area contributed by atoms with Gasteiger partial charge in [-0.15, -0.1) is 0 Å². The first-order chi connectivity index (χ1) is 26.8. The number of nitrogens with one attached hydrogen (secondary N) is 4. The van der Waals surface area contributed by atoms with Crippen molar-refractivity contribution in [2.45, 2.75) is 62.2 Å². The van der Waals surface area contributed by atoms with Gasteiger partial charge >= 0.3 is 6.09 Å².